The lowest BCUT2D eigenvalue weighted by Crippen LogP contribution is -2.30. The summed E-state index contributed by atoms with van der Waals surface area (Å²) >= 11 is 1.94. The number of aryl methyl sites for hydroxylation is 1. The maximum Gasteiger partial charge on any atom is 0.0611 e. The van der Waals surface area contributed by atoms with Gasteiger partial charge in [-0.2, -0.15) is 0 Å². The van der Waals surface area contributed by atoms with E-state index >= 15 is 0 Å². The Morgan fingerprint density at radius 1 is 1.41 bits per heavy atom. The molecule has 0 atom stereocenters. The highest BCUT2D eigenvalue weighted by atomic mass is 32.2. The van der Waals surface area contributed by atoms with Gasteiger partial charge in [-0.25, -0.2) is 0 Å². The summed E-state index contributed by atoms with van der Waals surface area (Å²) in [6, 6.07) is 7.30. The zero-order chi connectivity index (χ0) is 12.3. The smallest absolute Gasteiger partial charge is 0.0611 e. The second-order valence-corrected chi connectivity index (χ2v) is 6.25. The molecule has 1 aromatic carbocycles. The second-order valence-electron chi connectivity index (χ2n) is 4.91. The summed E-state index contributed by atoms with van der Waals surface area (Å²) in [5, 5.41) is 4.11. The first-order valence-corrected chi connectivity index (χ1v) is 7.10. The Bertz CT molecular complexity index is 374. The van der Waals surface area contributed by atoms with Gasteiger partial charge in [-0.1, -0.05) is 26.0 Å². The lowest BCUT2D eigenvalue weighted by Gasteiger charge is -2.25. The van der Waals surface area contributed by atoms with Crippen molar-refractivity contribution in [1.82, 2.24) is 5.32 Å². The predicted molar refractivity (Wildman–Crippen MR) is 73.6 cm³/mol. The molecule has 94 valence electrons. The van der Waals surface area contributed by atoms with Crippen LogP contribution in [0.2, 0.25) is 0 Å². The molecule has 0 saturated carbocycles. The number of hydrogen-bond acceptors (Lipinski definition) is 3. The van der Waals surface area contributed by atoms with Crippen molar-refractivity contribution in [3.05, 3.63) is 29.3 Å². The molecule has 2 nitrogen and oxygen atoms in total. The molecule has 0 bridgehead atoms. The first-order chi connectivity index (χ1) is 8.15. The Morgan fingerprint density at radius 3 is 2.71 bits per heavy atom. The van der Waals surface area contributed by atoms with Gasteiger partial charge in [0.05, 0.1) is 18.5 Å². The van der Waals surface area contributed by atoms with Crippen LogP contribution in [0.4, 0.5) is 0 Å². The van der Waals surface area contributed by atoms with Crippen molar-refractivity contribution in [3.8, 4) is 0 Å². The van der Waals surface area contributed by atoms with E-state index in [1.165, 1.54) is 16.0 Å². The quantitative estimate of drug-likeness (QED) is 0.869. The lowest BCUT2D eigenvalue weighted by atomic mass is 10.1. The molecular formula is C14H21NOS. The second kappa shape index (κ2) is 5.89. The average molecular weight is 251 g/mol. The van der Waals surface area contributed by atoms with Crippen LogP contribution in [0.25, 0.3) is 0 Å². The summed E-state index contributed by atoms with van der Waals surface area (Å²) < 4.78 is 5.20. The largest absolute Gasteiger partial charge is 0.379 e. The van der Waals surface area contributed by atoms with Gasteiger partial charge in [0.1, 0.15) is 0 Å². The van der Waals surface area contributed by atoms with Gasteiger partial charge in [0.2, 0.25) is 0 Å². The van der Waals surface area contributed by atoms with E-state index in [1.54, 1.807) is 0 Å². The van der Waals surface area contributed by atoms with E-state index in [2.05, 4.69) is 44.3 Å². The fourth-order valence-electron chi connectivity index (χ4n) is 1.74. The Balaban J connectivity index is 1.95. The van der Waals surface area contributed by atoms with Crippen LogP contribution in [-0.2, 0) is 11.3 Å². The van der Waals surface area contributed by atoms with Crippen LogP contribution in [0.15, 0.2) is 23.1 Å². The van der Waals surface area contributed by atoms with E-state index in [9.17, 15) is 0 Å². The molecule has 0 unspecified atom stereocenters. The summed E-state index contributed by atoms with van der Waals surface area (Å²) in [7, 11) is 0. The monoisotopic (exact) mass is 251 g/mol. The number of ether oxygens (including phenoxy) is 1. The third-order valence-electron chi connectivity index (χ3n) is 2.85. The third kappa shape index (κ3) is 3.73. The van der Waals surface area contributed by atoms with Crippen molar-refractivity contribution in [3.63, 3.8) is 0 Å². The lowest BCUT2D eigenvalue weighted by molar-refractivity contribution is 0.0455. The summed E-state index contributed by atoms with van der Waals surface area (Å²) in [5.41, 5.74) is 2.75. The molecule has 2 rings (SSSR count). The first kappa shape index (κ1) is 12.9. The van der Waals surface area contributed by atoms with Gasteiger partial charge >= 0.3 is 0 Å². The summed E-state index contributed by atoms with van der Waals surface area (Å²) in [6.07, 6.45) is 0. The highest BCUT2D eigenvalue weighted by Gasteiger charge is 2.20. The topological polar surface area (TPSA) is 21.3 Å². The van der Waals surface area contributed by atoms with Crippen LogP contribution in [0.1, 0.15) is 25.0 Å². The molecule has 1 aromatic rings. The molecular weight excluding hydrogens is 230 g/mol. The highest BCUT2D eigenvalue weighted by molar-refractivity contribution is 8.00. The normalized spacial score (nSPS) is 16.2. The molecule has 1 fully saturated rings. The number of thioether (sulfide) groups is 1. The number of nitrogens with one attached hydrogen (secondary N) is 1. The average Bonchev–Trinajstić information content (AvgIpc) is 2.22. The maximum absolute atomic E-state index is 5.20. The van der Waals surface area contributed by atoms with Crippen molar-refractivity contribution in [1.29, 1.82) is 0 Å². The molecule has 0 spiro atoms. The Morgan fingerprint density at radius 2 is 2.18 bits per heavy atom. The van der Waals surface area contributed by atoms with Crippen LogP contribution < -0.4 is 5.32 Å². The van der Waals surface area contributed by atoms with Crippen LogP contribution in [0.3, 0.4) is 0 Å². The zero-order valence-corrected chi connectivity index (χ0v) is 11.6. The Kier molecular flexibility index (Phi) is 4.48. The molecule has 1 aliphatic rings. The SMILES string of the molecule is Cc1cc(CNC(C)C)ccc1SC1COC1. The highest BCUT2D eigenvalue weighted by Crippen LogP contribution is 2.30. The molecule has 3 heteroatoms. The van der Waals surface area contributed by atoms with E-state index in [0.717, 1.165) is 19.8 Å². The van der Waals surface area contributed by atoms with Crippen LogP contribution >= 0.6 is 11.8 Å². The minimum Gasteiger partial charge on any atom is -0.379 e. The molecule has 1 heterocycles. The van der Waals surface area contributed by atoms with E-state index in [0.29, 0.717) is 11.3 Å². The molecule has 1 saturated heterocycles. The molecule has 0 amide bonds. The zero-order valence-electron chi connectivity index (χ0n) is 10.8. The van der Waals surface area contributed by atoms with Gasteiger partial charge in [-0.3, -0.25) is 0 Å². The number of rotatable bonds is 5. The van der Waals surface area contributed by atoms with Crippen molar-refractivity contribution < 1.29 is 4.74 Å². The van der Waals surface area contributed by atoms with E-state index in [1.807, 2.05) is 11.8 Å². The molecule has 17 heavy (non-hydrogen) atoms. The van der Waals surface area contributed by atoms with Crippen molar-refractivity contribution >= 4 is 11.8 Å². The minimum absolute atomic E-state index is 0.538. The van der Waals surface area contributed by atoms with Gasteiger partial charge in [-0.05, 0) is 24.1 Å². The van der Waals surface area contributed by atoms with E-state index in [-0.39, 0.29) is 0 Å². The van der Waals surface area contributed by atoms with Crippen LogP contribution in [0.5, 0.6) is 0 Å². The van der Waals surface area contributed by atoms with Gasteiger partial charge in [0.25, 0.3) is 0 Å². The third-order valence-corrected chi connectivity index (χ3v) is 4.17. The summed E-state index contributed by atoms with van der Waals surface area (Å²) in [4.78, 5) is 1.39. The maximum atomic E-state index is 5.20. The van der Waals surface area contributed by atoms with Gasteiger partial charge in [-0.15, -0.1) is 11.8 Å². The summed E-state index contributed by atoms with van der Waals surface area (Å²) in [5.74, 6) is 0. The van der Waals surface area contributed by atoms with Crippen molar-refractivity contribution in [2.45, 2.75) is 43.5 Å². The van der Waals surface area contributed by atoms with Crippen LogP contribution in [0, 0.1) is 6.92 Å². The number of benzene rings is 1. The van der Waals surface area contributed by atoms with E-state index in [4.69, 9.17) is 4.74 Å². The molecule has 1 N–H and O–H groups in total. The van der Waals surface area contributed by atoms with E-state index < -0.39 is 0 Å². The Hall–Kier alpha value is -0.510. The molecule has 0 aliphatic carbocycles. The fourth-order valence-corrected chi connectivity index (χ4v) is 2.82. The van der Waals surface area contributed by atoms with Gasteiger partial charge in [0.15, 0.2) is 0 Å². The van der Waals surface area contributed by atoms with Crippen molar-refractivity contribution in [2.24, 2.45) is 0 Å². The Labute approximate surface area is 108 Å². The van der Waals surface area contributed by atoms with Gasteiger partial charge < -0.3 is 10.1 Å². The van der Waals surface area contributed by atoms with Crippen LogP contribution in [-0.4, -0.2) is 24.5 Å². The molecule has 1 aliphatic heterocycles. The molecule has 0 radical (unpaired) electrons. The number of hydrogen-bond donors (Lipinski definition) is 1. The minimum atomic E-state index is 0.538. The first-order valence-electron chi connectivity index (χ1n) is 6.22. The molecule has 0 aromatic heterocycles. The fraction of sp³-hybridized carbons (Fsp3) is 0.571. The standard InChI is InChI=1S/C14H21NOS/c1-10(2)15-7-12-4-5-14(11(3)6-12)17-13-8-16-9-13/h4-6,10,13,15H,7-9H2,1-3H3. The predicted octanol–water partition coefficient (Wildman–Crippen LogP) is 2.98. The summed E-state index contributed by atoms with van der Waals surface area (Å²) in [6.45, 7) is 9.31. The van der Waals surface area contributed by atoms with Gasteiger partial charge in [0, 0.05) is 17.5 Å². The van der Waals surface area contributed by atoms with Crippen molar-refractivity contribution in [2.75, 3.05) is 13.2 Å².